The summed E-state index contributed by atoms with van der Waals surface area (Å²) in [6.45, 7) is 6.66. The van der Waals surface area contributed by atoms with E-state index in [4.69, 9.17) is 4.74 Å². The molecule has 6 nitrogen and oxygen atoms in total. The number of hydrogen-bond donors (Lipinski definition) is 2. The molecule has 1 aliphatic carbocycles. The predicted molar refractivity (Wildman–Crippen MR) is 122 cm³/mol. The molecule has 0 atom stereocenters. The first-order valence-corrected chi connectivity index (χ1v) is 11.3. The molecule has 0 radical (unpaired) electrons. The number of nitrogens with one attached hydrogen (secondary N) is 2. The van der Waals surface area contributed by atoms with E-state index >= 15 is 0 Å². The minimum absolute atomic E-state index is 0.227. The fraction of sp³-hybridized carbons (Fsp3) is 0.480. The quantitative estimate of drug-likeness (QED) is 0.631. The van der Waals surface area contributed by atoms with E-state index in [0.29, 0.717) is 41.7 Å². The van der Waals surface area contributed by atoms with Crippen LogP contribution in [0.4, 0.5) is 13.6 Å². The lowest BCUT2D eigenvalue weighted by molar-refractivity contribution is 0.0512. The van der Waals surface area contributed by atoms with Gasteiger partial charge in [-0.1, -0.05) is 0 Å². The molecule has 33 heavy (non-hydrogen) atoms. The zero-order chi connectivity index (χ0) is 24.0. The van der Waals surface area contributed by atoms with Crippen LogP contribution in [0.25, 0.3) is 11.3 Å². The number of benzene rings is 1. The topological polar surface area (TPSA) is 80.3 Å². The maximum atomic E-state index is 13.5. The number of halogens is 2. The maximum Gasteiger partial charge on any atom is 0.407 e. The van der Waals surface area contributed by atoms with Crippen molar-refractivity contribution >= 4 is 12.0 Å². The highest BCUT2D eigenvalue weighted by molar-refractivity contribution is 5.95. The van der Waals surface area contributed by atoms with Crippen LogP contribution in [0.1, 0.15) is 56.8 Å². The number of ether oxygens (including phenoxy) is 1. The van der Waals surface area contributed by atoms with E-state index in [9.17, 15) is 18.4 Å². The molecule has 1 fully saturated rings. The van der Waals surface area contributed by atoms with Gasteiger partial charge < -0.3 is 15.4 Å². The van der Waals surface area contributed by atoms with E-state index in [1.165, 1.54) is 12.3 Å². The van der Waals surface area contributed by atoms with Crippen molar-refractivity contribution in [2.45, 2.75) is 52.1 Å². The molecule has 0 unspecified atom stereocenters. The molecule has 8 heteroatoms. The summed E-state index contributed by atoms with van der Waals surface area (Å²) in [5.74, 6) is -1.33. The van der Waals surface area contributed by atoms with Crippen molar-refractivity contribution in [3.05, 3.63) is 53.7 Å². The molecule has 2 amide bonds. The summed E-state index contributed by atoms with van der Waals surface area (Å²) in [6.07, 6.45) is 4.98. The van der Waals surface area contributed by atoms with Crippen molar-refractivity contribution in [2.24, 2.45) is 11.8 Å². The van der Waals surface area contributed by atoms with Gasteiger partial charge in [0.1, 0.15) is 5.60 Å². The van der Waals surface area contributed by atoms with Crippen molar-refractivity contribution in [3.8, 4) is 11.3 Å². The van der Waals surface area contributed by atoms with Gasteiger partial charge in [0.05, 0.1) is 5.69 Å². The normalized spacial score (nSPS) is 18.5. The average Bonchev–Trinajstić information content (AvgIpc) is 2.77. The Morgan fingerprint density at radius 3 is 2.21 bits per heavy atom. The number of nitrogens with zero attached hydrogens (tertiary/aromatic N) is 1. The van der Waals surface area contributed by atoms with E-state index < -0.39 is 23.3 Å². The summed E-state index contributed by atoms with van der Waals surface area (Å²) in [6, 6.07) is 6.70. The number of aromatic nitrogens is 1. The molecule has 0 bridgehead atoms. The van der Waals surface area contributed by atoms with Gasteiger partial charge in [0, 0.05) is 30.4 Å². The molecule has 1 aromatic heterocycles. The molecular weight excluding hydrogens is 428 g/mol. The van der Waals surface area contributed by atoms with Gasteiger partial charge in [-0.15, -0.1) is 0 Å². The molecule has 2 N–H and O–H groups in total. The summed E-state index contributed by atoms with van der Waals surface area (Å²) >= 11 is 0. The third-order valence-electron chi connectivity index (χ3n) is 5.69. The van der Waals surface area contributed by atoms with Gasteiger partial charge in [0.25, 0.3) is 5.91 Å². The maximum absolute atomic E-state index is 13.5. The fourth-order valence-electron chi connectivity index (χ4n) is 3.91. The lowest BCUT2D eigenvalue weighted by Crippen LogP contribution is -2.37. The molecule has 1 heterocycles. The van der Waals surface area contributed by atoms with E-state index in [0.717, 1.165) is 37.8 Å². The van der Waals surface area contributed by atoms with Crippen LogP contribution in [0.2, 0.25) is 0 Å². The first kappa shape index (κ1) is 24.6. The second kappa shape index (κ2) is 10.7. The molecule has 1 aliphatic rings. The number of carbonyl (C=O) groups excluding carboxylic acids is 2. The lowest BCUT2D eigenvalue weighted by atomic mass is 9.82. The zero-order valence-corrected chi connectivity index (χ0v) is 19.3. The fourth-order valence-corrected chi connectivity index (χ4v) is 3.91. The summed E-state index contributed by atoms with van der Waals surface area (Å²) in [7, 11) is 0. The number of rotatable bonds is 6. The van der Waals surface area contributed by atoms with Crippen LogP contribution in [0.5, 0.6) is 0 Å². The van der Waals surface area contributed by atoms with Gasteiger partial charge in [-0.3, -0.25) is 9.78 Å². The van der Waals surface area contributed by atoms with Crippen LogP contribution >= 0.6 is 0 Å². The highest BCUT2D eigenvalue weighted by Gasteiger charge is 2.23. The van der Waals surface area contributed by atoms with Crippen LogP contribution in [0.3, 0.4) is 0 Å². The molecule has 0 spiro atoms. The predicted octanol–water partition coefficient (Wildman–Crippen LogP) is 5.09. The molecule has 1 aromatic carbocycles. The summed E-state index contributed by atoms with van der Waals surface area (Å²) in [5.41, 5.74) is 0.714. The largest absolute Gasteiger partial charge is 0.444 e. The molecular formula is C25H31F2N3O3. The summed E-state index contributed by atoms with van der Waals surface area (Å²) < 4.78 is 32.0. The van der Waals surface area contributed by atoms with Gasteiger partial charge in [0.2, 0.25) is 0 Å². The Hall–Kier alpha value is -3.03. The van der Waals surface area contributed by atoms with Crippen molar-refractivity contribution < 1.29 is 23.1 Å². The van der Waals surface area contributed by atoms with E-state index in [1.807, 2.05) is 20.8 Å². The summed E-state index contributed by atoms with van der Waals surface area (Å²) in [5, 5.41) is 5.81. The Morgan fingerprint density at radius 1 is 0.970 bits per heavy atom. The van der Waals surface area contributed by atoms with Crippen LogP contribution in [-0.2, 0) is 4.74 Å². The number of alkyl carbamates (subject to hydrolysis) is 1. The Labute approximate surface area is 193 Å². The van der Waals surface area contributed by atoms with Crippen molar-refractivity contribution in [2.75, 3.05) is 13.1 Å². The Balaban J connectivity index is 1.44. The van der Waals surface area contributed by atoms with Crippen LogP contribution in [-0.4, -0.2) is 35.7 Å². The smallest absolute Gasteiger partial charge is 0.407 e. The third kappa shape index (κ3) is 7.51. The lowest BCUT2D eigenvalue weighted by Gasteiger charge is -2.29. The minimum atomic E-state index is -0.957. The van der Waals surface area contributed by atoms with Gasteiger partial charge in [-0.2, -0.15) is 0 Å². The highest BCUT2D eigenvalue weighted by atomic mass is 19.2. The van der Waals surface area contributed by atoms with Gasteiger partial charge >= 0.3 is 6.09 Å². The Bertz CT molecular complexity index is 983. The standard InChI is InChI=1S/C25H31F2N3O3/c1-25(2,3)33-24(32)30-15-17-6-4-16(5-7-17)14-29-23(31)19-10-11-28-22(13-19)18-8-9-20(26)21(27)12-18/h8-13,16-17H,4-7,14-15H2,1-3H3,(H,29,31)(H,30,32). The molecule has 0 saturated heterocycles. The van der Waals surface area contributed by atoms with Crippen LogP contribution < -0.4 is 10.6 Å². The minimum Gasteiger partial charge on any atom is -0.444 e. The molecule has 1 saturated carbocycles. The van der Waals surface area contributed by atoms with Gasteiger partial charge in [0.15, 0.2) is 11.6 Å². The van der Waals surface area contributed by atoms with Crippen LogP contribution in [0, 0.1) is 23.5 Å². The second-order valence-corrected chi connectivity index (χ2v) is 9.54. The zero-order valence-electron chi connectivity index (χ0n) is 19.3. The number of carbonyl (C=O) groups is 2. The molecule has 178 valence electrons. The average molecular weight is 460 g/mol. The Kier molecular flexibility index (Phi) is 8.00. The van der Waals surface area contributed by atoms with E-state index in [-0.39, 0.29) is 5.91 Å². The van der Waals surface area contributed by atoms with Crippen LogP contribution in [0.15, 0.2) is 36.5 Å². The first-order chi connectivity index (χ1) is 15.6. The Morgan fingerprint density at radius 2 is 1.61 bits per heavy atom. The van der Waals surface area contributed by atoms with Crippen molar-refractivity contribution in [1.82, 2.24) is 15.6 Å². The van der Waals surface area contributed by atoms with Gasteiger partial charge in [-0.25, -0.2) is 13.6 Å². The number of pyridine rings is 1. The number of hydrogen-bond acceptors (Lipinski definition) is 4. The molecule has 2 aromatic rings. The summed E-state index contributed by atoms with van der Waals surface area (Å²) in [4.78, 5) is 28.6. The number of amides is 2. The molecule has 3 rings (SSSR count). The van der Waals surface area contributed by atoms with E-state index in [2.05, 4.69) is 15.6 Å². The second-order valence-electron chi connectivity index (χ2n) is 9.54. The highest BCUT2D eigenvalue weighted by Crippen LogP contribution is 2.28. The van der Waals surface area contributed by atoms with Gasteiger partial charge in [-0.05, 0) is 88.6 Å². The van der Waals surface area contributed by atoms with Crippen molar-refractivity contribution in [3.63, 3.8) is 0 Å². The van der Waals surface area contributed by atoms with E-state index in [1.54, 1.807) is 12.1 Å². The molecule has 0 aliphatic heterocycles. The SMILES string of the molecule is CC(C)(C)OC(=O)NCC1CCC(CNC(=O)c2ccnc(-c3ccc(F)c(F)c3)c2)CC1. The third-order valence-corrected chi connectivity index (χ3v) is 5.69. The monoisotopic (exact) mass is 459 g/mol. The van der Waals surface area contributed by atoms with Crippen molar-refractivity contribution in [1.29, 1.82) is 0 Å². The first-order valence-electron chi connectivity index (χ1n) is 11.3.